The Morgan fingerprint density at radius 2 is 1.42 bits per heavy atom. The van der Waals surface area contributed by atoms with Crippen LogP contribution in [0.15, 0.2) is 95.9 Å². The Balaban J connectivity index is 1.53. The van der Waals surface area contributed by atoms with Crippen molar-refractivity contribution in [3.05, 3.63) is 102 Å². The largest absolute Gasteiger partial charge is 0.445 e. The zero-order chi connectivity index (χ0) is 26.8. The van der Waals surface area contributed by atoms with Crippen LogP contribution in [-0.2, 0) is 27.8 Å². The highest BCUT2D eigenvalue weighted by Gasteiger charge is 2.36. The Morgan fingerprint density at radius 1 is 0.868 bits per heavy atom. The van der Waals surface area contributed by atoms with Gasteiger partial charge in [0, 0.05) is 12.6 Å². The van der Waals surface area contributed by atoms with Crippen LogP contribution in [0.5, 0.6) is 0 Å². The van der Waals surface area contributed by atoms with Crippen molar-refractivity contribution in [1.29, 1.82) is 0 Å². The van der Waals surface area contributed by atoms with E-state index in [4.69, 9.17) is 4.74 Å². The molecule has 4 rings (SSSR count). The minimum atomic E-state index is -3.85. The molecule has 7 nitrogen and oxygen atoms in total. The molecule has 1 aliphatic carbocycles. The highest BCUT2D eigenvalue weighted by atomic mass is 32.2. The third kappa shape index (κ3) is 7.66. The monoisotopic (exact) mass is 536 g/mol. The number of alkyl carbamates (subject to hydrolysis) is 1. The zero-order valence-corrected chi connectivity index (χ0v) is 22.3. The van der Waals surface area contributed by atoms with E-state index >= 15 is 0 Å². The SMILES string of the molecule is O=C(NC(Cc1ccccc1)C(O)CN(C1CCCCC1)S(=O)(=O)c1ccccc1)OCc1ccccc1. The lowest BCUT2D eigenvalue weighted by Gasteiger charge is -2.36. The fraction of sp³-hybridized carbons (Fsp3) is 0.367. The molecule has 1 amide bonds. The number of nitrogens with one attached hydrogen (secondary N) is 1. The summed E-state index contributed by atoms with van der Waals surface area (Å²) in [5, 5.41) is 14.2. The van der Waals surface area contributed by atoms with E-state index < -0.39 is 28.3 Å². The van der Waals surface area contributed by atoms with Crippen LogP contribution < -0.4 is 5.32 Å². The van der Waals surface area contributed by atoms with E-state index in [2.05, 4.69) is 5.32 Å². The number of hydrogen-bond acceptors (Lipinski definition) is 5. The number of carbonyl (C=O) groups excluding carboxylic acids is 1. The maximum Gasteiger partial charge on any atom is 0.407 e. The molecule has 0 bridgehead atoms. The first kappa shape index (κ1) is 27.8. The average Bonchev–Trinajstić information content (AvgIpc) is 2.96. The molecule has 2 unspecified atom stereocenters. The van der Waals surface area contributed by atoms with Gasteiger partial charge in [0.15, 0.2) is 0 Å². The van der Waals surface area contributed by atoms with Crippen molar-refractivity contribution in [2.24, 2.45) is 0 Å². The van der Waals surface area contributed by atoms with Gasteiger partial charge in [0.2, 0.25) is 10.0 Å². The summed E-state index contributed by atoms with van der Waals surface area (Å²) < 4.78 is 34.3. The zero-order valence-electron chi connectivity index (χ0n) is 21.5. The summed E-state index contributed by atoms with van der Waals surface area (Å²) in [6, 6.07) is 26.2. The summed E-state index contributed by atoms with van der Waals surface area (Å²) in [4.78, 5) is 13.0. The van der Waals surface area contributed by atoms with Gasteiger partial charge in [-0.1, -0.05) is 98.1 Å². The van der Waals surface area contributed by atoms with Crippen molar-refractivity contribution in [1.82, 2.24) is 9.62 Å². The molecule has 3 aromatic carbocycles. The molecule has 202 valence electrons. The number of sulfonamides is 1. The highest BCUT2D eigenvalue weighted by Crippen LogP contribution is 2.28. The topological polar surface area (TPSA) is 95.9 Å². The predicted octanol–water partition coefficient (Wildman–Crippen LogP) is 4.91. The lowest BCUT2D eigenvalue weighted by Crippen LogP contribution is -2.53. The van der Waals surface area contributed by atoms with Gasteiger partial charge in [-0.2, -0.15) is 4.31 Å². The number of carbonyl (C=O) groups is 1. The van der Waals surface area contributed by atoms with Crippen LogP contribution in [0.2, 0.25) is 0 Å². The summed E-state index contributed by atoms with van der Waals surface area (Å²) in [6.07, 6.45) is 2.96. The van der Waals surface area contributed by atoms with E-state index in [1.54, 1.807) is 30.3 Å². The molecule has 8 heteroatoms. The van der Waals surface area contributed by atoms with Crippen molar-refractivity contribution < 1.29 is 23.1 Å². The van der Waals surface area contributed by atoms with Crippen molar-refractivity contribution in [2.45, 2.75) is 68.2 Å². The van der Waals surface area contributed by atoms with Gasteiger partial charge in [-0.3, -0.25) is 0 Å². The van der Waals surface area contributed by atoms with E-state index in [-0.39, 0.29) is 24.1 Å². The quantitative estimate of drug-likeness (QED) is 0.363. The fourth-order valence-corrected chi connectivity index (χ4v) is 6.64. The standard InChI is InChI=1S/C30H36N2O5S/c33-29(22-32(26-17-9-3-10-18-26)38(35,36)27-19-11-4-12-20-27)28(21-24-13-5-1-6-14-24)31-30(34)37-23-25-15-7-2-8-16-25/h1-2,4-8,11-16,19-20,26,28-29,33H,3,9-10,17-18,21-23H2,(H,31,34). The Hall–Kier alpha value is -3.20. The van der Waals surface area contributed by atoms with Crippen molar-refractivity contribution in [3.8, 4) is 0 Å². The summed E-state index contributed by atoms with van der Waals surface area (Å²) in [7, 11) is -3.85. The maximum atomic E-state index is 13.7. The van der Waals surface area contributed by atoms with Gasteiger partial charge in [-0.25, -0.2) is 13.2 Å². The predicted molar refractivity (Wildman–Crippen MR) is 147 cm³/mol. The first-order valence-corrected chi connectivity index (χ1v) is 14.6. The Morgan fingerprint density at radius 3 is 2.03 bits per heavy atom. The molecule has 0 aromatic heterocycles. The Labute approximate surface area is 225 Å². The average molecular weight is 537 g/mol. The molecule has 2 N–H and O–H groups in total. The molecule has 0 aliphatic heterocycles. The second kappa shape index (κ2) is 13.6. The van der Waals surface area contributed by atoms with E-state index in [0.29, 0.717) is 6.42 Å². The van der Waals surface area contributed by atoms with Gasteiger partial charge in [0.25, 0.3) is 0 Å². The fourth-order valence-electron chi connectivity index (χ4n) is 4.92. The minimum absolute atomic E-state index is 0.0947. The molecule has 1 saturated carbocycles. The summed E-state index contributed by atoms with van der Waals surface area (Å²) >= 11 is 0. The van der Waals surface area contributed by atoms with E-state index in [0.717, 1.165) is 43.2 Å². The molecular formula is C30H36N2O5S. The van der Waals surface area contributed by atoms with E-state index in [1.807, 2.05) is 60.7 Å². The van der Waals surface area contributed by atoms with Crippen LogP contribution >= 0.6 is 0 Å². The van der Waals surface area contributed by atoms with Crippen LogP contribution in [0.3, 0.4) is 0 Å². The molecule has 2 atom stereocenters. The third-order valence-corrected chi connectivity index (χ3v) is 8.91. The smallest absolute Gasteiger partial charge is 0.407 e. The lowest BCUT2D eigenvalue weighted by molar-refractivity contribution is 0.0783. The van der Waals surface area contributed by atoms with Crippen LogP contribution in [0.25, 0.3) is 0 Å². The third-order valence-electron chi connectivity index (χ3n) is 6.98. The number of benzene rings is 3. The summed E-state index contributed by atoms with van der Waals surface area (Å²) in [5.41, 5.74) is 1.76. The van der Waals surface area contributed by atoms with Crippen LogP contribution in [0.4, 0.5) is 4.79 Å². The van der Waals surface area contributed by atoms with E-state index in [1.165, 1.54) is 4.31 Å². The van der Waals surface area contributed by atoms with Gasteiger partial charge in [-0.15, -0.1) is 0 Å². The molecule has 0 spiro atoms. The Kier molecular flexibility index (Phi) is 9.92. The second-order valence-electron chi connectivity index (χ2n) is 9.75. The molecule has 0 saturated heterocycles. The number of ether oxygens (including phenoxy) is 1. The summed E-state index contributed by atoms with van der Waals surface area (Å²) in [5.74, 6) is 0. The number of aliphatic hydroxyl groups is 1. The molecule has 0 radical (unpaired) electrons. The molecule has 1 aliphatic rings. The van der Waals surface area contributed by atoms with Crippen LogP contribution in [0.1, 0.15) is 43.2 Å². The van der Waals surface area contributed by atoms with Crippen LogP contribution in [-0.4, -0.2) is 48.7 Å². The number of amides is 1. The highest BCUT2D eigenvalue weighted by molar-refractivity contribution is 7.89. The van der Waals surface area contributed by atoms with Crippen molar-refractivity contribution in [3.63, 3.8) is 0 Å². The molecule has 3 aromatic rings. The van der Waals surface area contributed by atoms with Crippen molar-refractivity contribution in [2.75, 3.05) is 6.54 Å². The molecule has 0 heterocycles. The first-order valence-electron chi connectivity index (χ1n) is 13.2. The number of hydrogen-bond donors (Lipinski definition) is 2. The maximum absolute atomic E-state index is 13.7. The van der Waals surface area contributed by atoms with Crippen LogP contribution in [0, 0.1) is 0 Å². The van der Waals surface area contributed by atoms with Gasteiger partial charge < -0.3 is 15.2 Å². The van der Waals surface area contributed by atoms with Crippen molar-refractivity contribution >= 4 is 16.1 Å². The number of rotatable bonds is 11. The summed E-state index contributed by atoms with van der Waals surface area (Å²) in [6.45, 7) is -0.0320. The first-order chi connectivity index (χ1) is 18.4. The lowest BCUT2D eigenvalue weighted by atomic mass is 9.95. The Bertz CT molecular complexity index is 1230. The number of nitrogens with zero attached hydrogens (tertiary/aromatic N) is 1. The number of aliphatic hydroxyl groups excluding tert-OH is 1. The minimum Gasteiger partial charge on any atom is -0.445 e. The molecule has 38 heavy (non-hydrogen) atoms. The second-order valence-corrected chi connectivity index (χ2v) is 11.6. The van der Waals surface area contributed by atoms with E-state index in [9.17, 15) is 18.3 Å². The molecule has 1 fully saturated rings. The van der Waals surface area contributed by atoms with Gasteiger partial charge in [0.05, 0.1) is 17.0 Å². The molecular weight excluding hydrogens is 500 g/mol. The normalized spacial score (nSPS) is 16.1. The van der Waals surface area contributed by atoms with Gasteiger partial charge >= 0.3 is 6.09 Å². The van der Waals surface area contributed by atoms with Gasteiger partial charge in [-0.05, 0) is 42.5 Å². The van der Waals surface area contributed by atoms with Gasteiger partial charge in [0.1, 0.15) is 6.61 Å².